The maximum atomic E-state index is 13.7. The Kier molecular flexibility index (Phi) is 6.13. The number of amides is 3. The first-order valence-corrected chi connectivity index (χ1v) is 14.4. The van der Waals surface area contributed by atoms with Crippen LogP contribution in [0, 0.1) is 11.7 Å². The molecule has 8 nitrogen and oxygen atoms in total. The van der Waals surface area contributed by atoms with Crippen molar-refractivity contribution in [1.29, 1.82) is 0 Å². The summed E-state index contributed by atoms with van der Waals surface area (Å²) in [5.74, 6) is -2.90. The van der Waals surface area contributed by atoms with E-state index >= 15 is 0 Å². The Balaban J connectivity index is 1.23. The topological polar surface area (TPSA) is 102 Å². The zero-order valence-corrected chi connectivity index (χ0v) is 22.8. The second-order valence-electron chi connectivity index (χ2n) is 9.78. The van der Waals surface area contributed by atoms with Crippen molar-refractivity contribution >= 4 is 63.0 Å². The summed E-state index contributed by atoms with van der Waals surface area (Å²) >= 11 is 2.04. The van der Waals surface area contributed by atoms with E-state index < -0.39 is 40.6 Å². The molecular weight excluding hydrogens is 565 g/mol. The standard InChI is InChI=1S/C30H20FN3O5S2/c31-18-8-11-20(12-9-18)34-27(36)24-23(21-6-3-13-39-21)26-29(40-25(24)28(34)37)33(30(38)41-26)15-22(35)32-19-10-7-16-4-1-2-5-17(16)14-19/h1-14,23-25H,15H2,(H,32,35)/t23-,24-,25+/m0/s1. The van der Waals surface area contributed by atoms with Gasteiger partial charge in [-0.1, -0.05) is 53.4 Å². The molecule has 2 aromatic heterocycles. The molecule has 2 aliphatic heterocycles. The summed E-state index contributed by atoms with van der Waals surface area (Å²) < 4.78 is 20.6. The normalized spacial score (nSPS) is 19.8. The Morgan fingerprint density at radius 1 is 0.927 bits per heavy atom. The lowest BCUT2D eigenvalue weighted by Crippen LogP contribution is -2.32. The molecular formula is C30H20FN3O5S2. The Labute approximate surface area is 240 Å². The van der Waals surface area contributed by atoms with Crippen LogP contribution in [-0.2, 0) is 20.9 Å². The number of thiazole rings is 1. The lowest BCUT2D eigenvalue weighted by molar-refractivity contribution is -0.122. The molecule has 0 unspecified atom stereocenters. The summed E-state index contributed by atoms with van der Waals surface area (Å²) in [5, 5.41) is 4.46. The summed E-state index contributed by atoms with van der Waals surface area (Å²) in [6.07, 6.45) is 1.47. The first kappa shape index (κ1) is 25.5. The molecule has 0 bridgehead atoms. The van der Waals surface area contributed by atoms with E-state index in [1.54, 1.807) is 18.2 Å². The smallest absolute Gasteiger partial charge is 0.308 e. The van der Waals surface area contributed by atoms with Gasteiger partial charge in [-0.15, -0.1) is 0 Å². The van der Waals surface area contributed by atoms with Crippen LogP contribution in [0.4, 0.5) is 15.8 Å². The van der Waals surface area contributed by atoms with Gasteiger partial charge in [-0.05, 0) is 59.3 Å². The number of aromatic nitrogens is 1. The van der Waals surface area contributed by atoms with E-state index in [0.29, 0.717) is 21.4 Å². The molecule has 5 aromatic rings. The number of halogens is 1. The number of furan rings is 1. The number of hydrogen-bond donors (Lipinski definition) is 1. The minimum Gasteiger partial charge on any atom is -0.469 e. The zero-order chi connectivity index (χ0) is 28.2. The highest BCUT2D eigenvalue weighted by molar-refractivity contribution is 8.00. The Morgan fingerprint density at radius 2 is 1.71 bits per heavy atom. The van der Waals surface area contributed by atoms with Gasteiger partial charge in [0, 0.05) is 5.69 Å². The molecule has 3 atom stereocenters. The fourth-order valence-corrected chi connectivity index (χ4v) is 8.24. The van der Waals surface area contributed by atoms with Crippen molar-refractivity contribution in [2.45, 2.75) is 22.7 Å². The number of rotatable bonds is 5. The molecule has 4 heterocycles. The largest absolute Gasteiger partial charge is 0.469 e. The van der Waals surface area contributed by atoms with Gasteiger partial charge in [-0.25, -0.2) is 9.29 Å². The lowest BCUT2D eigenvalue weighted by Gasteiger charge is -2.29. The van der Waals surface area contributed by atoms with E-state index in [1.165, 1.54) is 35.1 Å². The van der Waals surface area contributed by atoms with Crippen LogP contribution < -0.4 is 15.1 Å². The van der Waals surface area contributed by atoms with Crippen molar-refractivity contribution in [2.75, 3.05) is 10.2 Å². The third kappa shape index (κ3) is 4.28. The first-order chi connectivity index (χ1) is 19.9. The van der Waals surface area contributed by atoms with Crippen LogP contribution in [-0.4, -0.2) is 27.5 Å². The Morgan fingerprint density at radius 3 is 2.46 bits per heavy atom. The zero-order valence-electron chi connectivity index (χ0n) is 21.2. The molecule has 1 fully saturated rings. The molecule has 11 heteroatoms. The molecule has 0 saturated carbocycles. The van der Waals surface area contributed by atoms with Crippen molar-refractivity contribution in [3.8, 4) is 0 Å². The molecule has 3 amide bonds. The summed E-state index contributed by atoms with van der Waals surface area (Å²) in [6.45, 7) is -0.267. The van der Waals surface area contributed by atoms with Crippen molar-refractivity contribution < 1.29 is 23.2 Å². The third-order valence-corrected chi connectivity index (χ3v) is 9.92. The second kappa shape index (κ2) is 9.86. The molecule has 1 saturated heterocycles. The van der Waals surface area contributed by atoms with Gasteiger partial charge < -0.3 is 9.73 Å². The number of anilines is 2. The van der Waals surface area contributed by atoms with Gasteiger partial charge in [-0.2, -0.15) is 0 Å². The molecule has 204 valence electrons. The summed E-state index contributed by atoms with van der Waals surface area (Å²) in [4.78, 5) is 55.0. The average molecular weight is 586 g/mol. The van der Waals surface area contributed by atoms with E-state index in [-0.39, 0.29) is 17.1 Å². The van der Waals surface area contributed by atoms with Crippen molar-refractivity contribution in [3.63, 3.8) is 0 Å². The number of fused-ring (bicyclic) bond motifs is 3. The third-order valence-electron chi connectivity index (χ3n) is 7.32. The van der Waals surface area contributed by atoms with Crippen LogP contribution in [0.5, 0.6) is 0 Å². The average Bonchev–Trinajstić information content (AvgIpc) is 3.66. The molecule has 3 aromatic carbocycles. The van der Waals surface area contributed by atoms with Gasteiger partial charge in [0.2, 0.25) is 17.7 Å². The van der Waals surface area contributed by atoms with Gasteiger partial charge in [0.25, 0.3) is 0 Å². The fourth-order valence-electron chi connectivity index (χ4n) is 5.49. The van der Waals surface area contributed by atoms with Crippen LogP contribution in [0.15, 0.2) is 99.4 Å². The minimum atomic E-state index is -0.862. The quantitative estimate of drug-likeness (QED) is 0.284. The number of carbonyl (C=O) groups is 3. The van der Waals surface area contributed by atoms with Crippen molar-refractivity contribution in [2.24, 2.45) is 5.92 Å². The maximum Gasteiger partial charge on any atom is 0.308 e. The van der Waals surface area contributed by atoms with Crippen LogP contribution >= 0.6 is 23.1 Å². The highest BCUT2D eigenvalue weighted by Crippen LogP contribution is 2.53. The molecule has 41 heavy (non-hydrogen) atoms. The lowest BCUT2D eigenvalue weighted by atomic mass is 9.87. The van der Waals surface area contributed by atoms with Crippen LogP contribution in [0.3, 0.4) is 0 Å². The van der Waals surface area contributed by atoms with Crippen molar-refractivity contribution in [1.82, 2.24) is 4.57 Å². The molecule has 7 rings (SSSR count). The van der Waals surface area contributed by atoms with Gasteiger partial charge in [0.15, 0.2) is 0 Å². The number of thioether (sulfide) groups is 1. The Bertz CT molecular complexity index is 1900. The van der Waals surface area contributed by atoms with Crippen LogP contribution in [0.25, 0.3) is 10.8 Å². The highest BCUT2D eigenvalue weighted by atomic mass is 32.2. The maximum absolute atomic E-state index is 13.7. The monoisotopic (exact) mass is 585 g/mol. The summed E-state index contributed by atoms with van der Waals surface area (Å²) in [5.41, 5.74) is 0.864. The minimum absolute atomic E-state index is 0.267. The SMILES string of the molecule is O=C(Cn1c2c(sc1=O)[C@@H](c1ccco1)[C@@H]1C(=O)N(c3ccc(F)cc3)C(=O)[C@@H]1S2)Nc1ccc2ccccc2c1. The number of hydrogen-bond acceptors (Lipinski definition) is 7. The van der Waals surface area contributed by atoms with E-state index in [1.807, 2.05) is 36.4 Å². The van der Waals surface area contributed by atoms with E-state index in [2.05, 4.69) is 5.32 Å². The molecule has 1 N–H and O–H groups in total. The number of nitrogens with one attached hydrogen (secondary N) is 1. The van der Waals surface area contributed by atoms with E-state index in [0.717, 1.165) is 38.8 Å². The molecule has 2 aliphatic rings. The predicted octanol–water partition coefficient (Wildman–Crippen LogP) is 5.23. The van der Waals surface area contributed by atoms with Gasteiger partial charge in [0.05, 0.1) is 33.7 Å². The summed E-state index contributed by atoms with van der Waals surface area (Å²) in [7, 11) is 0. The summed E-state index contributed by atoms with van der Waals surface area (Å²) in [6, 6.07) is 21.9. The van der Waals surface area contributed by atoms with Gasteiger partial charge in [0.1, 0.15) is 23.4 Å². The predicted molar refractivity (Wildman–Crippen MR) is 154 cm³/mol. The Hall–Kier alpha value is -4.48. The second-order valence-corrected chi connectivity index (χ2v) is 11.9. The molecule has 0 aliphatic carbocycles. The number of carbonyl (C=O) groups excluding carboxylic acids is 3. The highest BCUT2D eigenvalue weighted by Gasteiger charge is 2.57. The van der Waals surface area contributed by atoms with Gasteiger partial charge >= 0.3 is 4.87 Å². The van der Waals surface area contributed by atoms with Crippen molar-refractivity contribution in [3.05, 3.63) is 111 Å². The number of imide groups is 1. The first-order valence-electron chi connectivity index (χ1n) is 12.7. The number of nitrogens with zero attached hydrogens (tertiary/aromatic N) is 2. The van der Waals surface area contributed by atoms with E-state index in [4.69, 9.17) is 4.42 Å². The van der Waals surface area contributed by atoms with Gasteiger partial charge in [-0.3, -0.25) is 23.7 Å². The molecule has 0 spiro atoms. The number of benzene rings is 3. The van der Waals surface area contributed by atoms with Crippen LogP contribution in [0.2, 0.25) is 0 Å². The van der Waals surface area contributed by atoms with Crippen LogP contribution in [0.1, 0.15) is 16.6 Å². The van der Waals surface area contributed by atoms with E-state index in [9.17, 15) is 23.6 Å². The molecule has 0 radical (unpaired) electrons. The fraction of sp³-hybridized carbons (Fsp3) is 0.133.